The Morgan fingerprint density at radius 1 is 1.00 bits per heavy atom. The molecule has 0 aliphatic heterocycles. The molecule has 0 unspecified atom stereocenters. The molecule has 2 aromatic carbocycles. The van der Waals surface area contributed by atoms with Crippen LogP contribution < -0.4 is 5.73 Å². The maximum Gasteiger partial charge on any atom is 0.0720 e. The summed E-state index contributed by atoms with van der Waals surface area (Å²) in [5.41, 5.74) is 10.9. The van der Waals surface area contributed by atoms with Gasteiger partial charge in [0.2, 0.25) is 0 Å². The molecule has 3 aromatic rings. The van der Waals surface area contributed by atoms with Crippen molar-refractivity contribution in [3.8, 4) is 11.3 Å². The van der Waals surface area contributed by atoms with Crippen molar-refractivity contribution in [1.29, 1.82) is 0 Å². The van der Waals surface area contributed by atoms with Crippen molar-refractivity contribution >= 4 is 10.9 Å². The molecule has 0 spiro atoms. The van der Waals surface area contributed by atoms with Crippen molar-refractivity contribution in [2.75, 3.05) is 0 Å². The third-order valence-electron chi connectivity index (χ3n) is 5.41. The van der Waals surface area contributed by atoms with Gasteiger partial charge in [-0.3, -0.25) is 0 Å². The minimum atomic E-state index is 0.373. The number of hydrogen-bond acceptors (Lipinski definition) is 2. The lowest BCUT2D eigenvalue weighted by atomic mass is 9.94. The molecule has 1 aromatic heterocycles. The summed E-state index contributed by atoms with van der Waals surface area (Å²) in [5.74, 6) is 0. The molecule has 130 valence electrons. The summed E-state index contributed by atoms with van der Waals surface area (Å²) in [5, 5.41) is 1.28. The van der Waals surface area contributed by atoms with Crippen molar-refractivity contribution in [2.45, 2.75) is 44.4 Å². The second kappa shape index (κ2) is 7.03. The van der Waals surface area contributed by atoms with Gasteiger partial charge in [-0.2, -0.15) is 0 Å². The Kier molecular flexibility index (Phi) is 4.60. The molecular formula is C22H26N2O. The Morgan fingerprint density at radius 3 is 2.44 bits per heavy atom. The summed E-state index contributed by atoms with van der Waals surface area (Å²) in [4.78, 5) is 0. The van der Waals surface area contributed by atoms with Crippen LogP contribution in [0.2, 0.25) is 0 Å². The topological polar surface area (TPSA) is 40.2 Å². The summed E-state index contributed by atoms with van der Waals surface area (Å²) in [6.45, 7) is 0.690. The quantitative estimate of drug-likeness (QED) is 0.755. The highest BCUT2D eigenvalue weighted by atomic mass is 16.5. The third-order valence-corrected chi connectivity index (χ3v) is 5.41. The number of benzene rings is 2. The van der Waals surface area contributed by atoms with E-state index in [1.165, 1.54) is 27.7 Å². The van der Waals surface area contributed by atoms with Crippen molar-refractivity contribution in [3.63, 3.8) is 0 Å². The van der Waals surface area contributed by atoms with Crippen LogP contribution in [0.25, 0.3) is 22.2 Å². The lowest BCUT2D eigenvalue weighted by Crippen LogP contribution is -2.30. The number of nitrogens with zero attached hydrogens (tertiary/aromatic N) is 1. The van der Waals surface area contributed by atoms with E-state index in [1.807, 2.05) is 0 Å². The highest BCUT2D eigenvalue weighted by Gasteiger charge is 2.18. The fourth-order valence-corrected chi connectivity index (χ4v) is 3.81. The smallest absolute Gasteiger partial charge is 0.0720 e. The minimum absolute atomic E-state index is 0.373. The number of rotatable bonds is 4. The molecule has 1 aliphatic carbocycles. The standard InChI is InChI=1S/C22H26N2O/c1-24-21-5-3-2-4-18(21)14-22(24)17-8-6-16(7-9-17)15-25-20-12-10-19(23)11-13-20/h2-9,14,19-20H,10-13,15,23H2,1H3. The fourth-order valence-electron chi connectivity index (χ4n) is 3.81. The zero-order chi connectivity index (χ0) is 17.2. The predicted molar refractivity (Wildman–Crippen MR) is 103 cm³/mol. The number of fused-ring (bicyclic) bond motifs is 1. The maximum atomic E-state index is 6.07. The van der Waals surface area contributed by atoms with Crippen LogP contribution in [0, 0.1) is 0 Å². The lowest BCUT2D eigenvalue weighted by molar-refractivity contribution is 0.0138. The van der Waals surface area contributed by atoms with Gasteiger partial charge in [0.05, 0.1) is 12.7 Å². The normalized spacial score (nSPS) is 20.9. The van der Waals surface area contributed by atoms with Gasteiger partial charge in [0.25, 0.3) is 0 Å². The van der Waals surface area contributed by atoms with E-state index in [-0.39, 0.29) is 0 Å². The predicted octanol–water partition coefficient (Wildman–Crippen LogP) is 4.63. The second-order valence-corrected chi connectivity index (χ2v) is 7.19. The first-order chi connectivity index (χ1) is 12.2. The Labute approximate surface area is 149 Å². The van der Waals surface area contributed by atoms with E-state index in [4.69, 9.17) is 10.5 Å². The molecule has 3 nitrogen and oxygen atoms in total. The third kappa shape index (κ3) is 3.48. The van der Waals surface area contributed by atoms with Gasteiger partial charge in [-0.1, -0.05) is 42.5 Å². The van der Waals surface area contributed by atoms with Gasteiger partial charge in [0.1, 0.15) is 0 Å². The van der Waals surface area contributed by atoms with Gasteiger partial charge in [0, 0.05) is 29.7 Å². The molecule has 1 saturated carbocycles. The SMILES string of the molecule is Cn1c(-c2ccc(COC3CCC(N)CC3)cc2)cc2ccccc21. The molecule has 1 aliphatic rings. The van der Waals surface area contributed by atoms with Crippen LogP contribution in [0.1, 0.15) is 31.2 Å². The molecule has 1 fully saturated rings. The Morgan fingerprint density at radius 2 is 1.72 bits per heavy atom. The van der Waals surface area contributed by atoms with Crippen molar-refractivity contribution in [3.05, 3.63) is 60.2 Å². The van der Waals surface area contributed by atoms with E-state index in [0.29, 0.717) is 18.8 Å². The minimum Gasteiger partial charge on any atom is -0.374 e. The summed E-state index contributed by atoms with van der Waals surface area (Å²) in [6.07, 6.45) is 4.73. The van der Waals surface area contributed by atoms with Crippen LogP contribution in [0.4, 0.5) is 0 Å². The summed E-state index contributed by atoms with van der Waals surface area (Å²) in [6, 6.07) is 19.9. The first-order valence-corrected chi connectivity index (χ1v) is 9.21. The van der Waals surface area contributed by atoms with Gasteiger partial charge in [-0.05, 0) is 48.9 Å². The Bertz CT molecular complexity index is 842. The fraction of sp³-hybridized carbons (Fsp3) is 0.364. The van der Waals surface area contributed by atoms with Crippen LogP contribution >= 0.6 is 0 Å². The molecule has 4 rings (SSSR count). The van der Waals surface area contributed by atoms with E-state index in [0.717, 1.165) is 25.7 Å². The summed E-state index contributed by atoms with van der Waals surface area (Å²) in [7, 11) is 2.13. The highest BCUT2D eigenvalue weighted by Crippen LogP contribution is 2.27. The van der Waals surface area contributed by atoms with Crippen molar-refractivity contribution in [2.24, 2.45) is 12.8 Å². The average Bonchev–Trinajstić information content (AvgIpc) is 2.99. The number of ether oxygens (including phenoxy) is 1. The zero-order valence-electron chi connectivity index (χ0n) is 14.8. The van der Waals surface area contributed by atoms with Crippen LogP contribution in [-0.4, -0.2) is 16.7 Å². The molecule has 25 heavy (non-hydrogen) atoms. The van der Waals surface area contributed by atoms with E-state index in [2.05, 4.69) is 66.2 Å². The van der Waals surface area contributed by atoms with E-state index < -0.39 is 0 Å². The highest BCUT2D eigenvalue weighted by molar-refractivity contribution is 5.86. The Hall–Kier alpha value is -2.10. The number of aryl methyl sites for hydroxylation is 1. The van der Waals surface area contributed by atoms with Crippen LogP contribution in [0.5, 0.6) is 0 Å². The molecule has 3 heteroatoms. The molecule has 1 heterocycles. The molecule has 0 saturated heterocycles. The molecule has 2 N–H and O–H groups in total. The molecule has 0 bridgehead atoms. The first-order valence-electron chi connectivity index (χ1n) is 9.21. The zero-order valence-corrected chi connectivity index (χ0v) is 14.8. The Balaban J connectivity index is 1.45. The summed E-state index contributed by atoms with van der Waals surface area (Å²) >= 11 is 0. The van der Waals surface area contributed by atoms with Gasteiger partial charge in [0.15, 0.2) is 0 Å². The largest absolute Gasteiger partial charge is 0.374 e. The van der Waals surface area contributed by atoms with Crippen LogP contribution in [0.3, 0.4) is 0 Å². The van der Waals surface area contributed by atoms with E-state index >= 15 is 0 Å². The number of aromatic nitrogens is 1. The van der Waals surface area contributed by atoms with Gasteiger partial charge in [-0.15, -0.1) is 0 Å². The first kappa shape index (κ1) is 16.4. The number of hydrogen-bond donors (Lipinski definition) is 1. The van der Waals surface area contributed by atoms with Gasteiger partial charge >= 0.3 is 0 Å². The van der Waals surface area contributed by atoms with E-state index in [9.17, 15) is 0 Å². The molecule has 0 amide bonds. The summed E-state index contributed by atoms with van der Waals surface area (Å²) < 4.78 is 8.33. The van der Waals surface area contributed by atoms with E-state index in [1.54, 1.807) is 0 Å². The van der Waals surface area contributed by atoms with Crippen molar-refractivity contribution < 1.29 is 4.74 Å². The number of para-hydroxylation sites is 1. The monoisotopic (exact) mass is 334 g/mol. The number of nitrogens with two attached hydrogens (primary N) is 1. The van der Waals surface area contributed by atoms with Crippen LogP contribution in [-0.2, 0) is 18.4 Å². The molecular weight excluding hydrogens is 308 g/mol. The molecule has 0 atom stereocenters. The second-order valence-electron chi connectivity index (χ2n) is 7.19. The van der Waals surface area contributed by atoms with Gasteiger partial charge in [-0.25, -0.2) is 0 Å². The van der Waals surface area contributed by atoms with Gasteiger partial charge < -0.3 is 15.0 Å². The van der Waals surface area contributed by atoms with Crippen LogP contribution in [0.15, 0.2) is 54.6 Å². The lowest BCUT2D eigenvalue weighted by Gasteiger charge is -2.26. The average molecular weight is 334 g/mol. The van der Waals surface area contributed by atoms with Crippen molar-refractivity contribution in [1.82, 2.24) is 4.57 Å². The molecule has 0 radical (unpaired) electrons. The maximum absolute atomic E-state index is 6.07.